The average molecular weight is 405 g/mol. The van der Waals surface area contributed by atoms with Gasteiger partial charge in [-0.05, 0) is 50.2 Å². The van der Waals surface area contributed by atoms with Gasteiger partial charge in [0.2, 0.25) is 5.91 Å². The second kappa shape index (κ2) is 7.78. The van der Waals surface area contributed by atoms with Gasteiger partial charge in [0.05, 0.1) is 17.7 Å². The van der Waals surface area contributed by atoms with Gasteiger partial charge in [-0.25, -0.2) is 23.7 Å². The molecule has 30 heavy (non-hydrogen) atoms. The number of ether oxygens (including phenoxy) is 1. The van der Waals surface area contributed by atoms with E-state index in [4.69, 9.17) is 4.74 Å². The predicted octanol–water partition coefficient (Wildman–Crippen LogP) is 2.17. The largest absolute Gasteiger partial charge is 0.462 e. The number of hydrogen-bond donors (Lipinski definition) is 1. The van der Waals surface area contributed by atoms with Gasteiger partial charge in [0.15, 0.2) is 5.65 Å². The fraction of sp³-hybridized carbons (Fsp3) is 0.190. The summed E-state index contributed by atoms with van der Waals surface area (Å²) in [5.74, 6) is -0.847. The molecule has 0 saturated heterocycles. The van der Waals surface area contributed by atoms with Gasteiger partial charge in [0.25, 0.3) is 0 Å². The van der Waals surface area contributed by atoms with Crippen molar-refractivity contribution in [2.45, 2.75) is 20.4 Å². The molecular weight excluding hydrogens is 386 g/mol. The lowest BCUT2D eigenvalue weighted by Crippen LogP contribution is -2.28. The van der Waals surface area contributed by atoms with Crippen LogP contribution in [0.2, 0.25) is 0 Å². The van der Waals surface area contributed by atoms with E-state index in [9.17, 15) is 14.4 Å². The topological polar surface area (TPSA) is 108 Å². The summed E-state index contributed by atoms with van der Waals surface area (Å²) in [6.45, 7) is 3.70. The average Bonchev–Trinajstić information content (AvgIpc) is 3.04. The van der Waals surface area contributed by atoms with E-state index < -0.39 is 17.6 Å². The van der Waals surface area contributed by atoms with E-state index in [0.29, 0.717) is 16.9 Å². The fourth-order valence-corrected chi connectivity index (χ4v) is 3.11. The van der Waals surface area contributed by atoms with Crippen LogP contribution < -0.4 is 11.0 Å². The Bertz CT molecular complexity index is 1320. The maximum absolute atomic E-state index is 12.6. The monoisotopic (exact) mass is 405 g/mol. The van der Waals surface area contributed by atoms with Crippen LogP contribution in [0.15, 0.2) is 53.6 Å². The first kappa shape index (κ1) is 19.3. The Morgan fingerprint density at radius 1 is 1.13 bits per heavy atom. The quantitative estimate of drug-likeness (QED) is 0.510. The smallest absolute Gasteiger partial charge is 0.352 e. The molecule has 0 atom stereocenters. The summed E-state index contributed by atoms with van der Waals surface area (Å²) in [7, 11) is 0. The van der Waals surface area contributed by atoms with Crippen molar-refractivity contribution in [2.75, 3.05) is 11.9 Å². The molecule has 2 aromatic heterocycles. The minimum atomic E-state index is -0.450. The van der Waals surface area contributed by atoms with Crippen molar-refractivity contribution >= 4 is 34.1 Å². The zero-order chi connectivity index (χ0) is 21.3. The summed E-state index contributed by atoms with van der Waals surface area (Å²) in [5, 5.41) is 7.76. The van der Waals surface area contributed by atoms with Crippen molar-refractivity contribution in [3.8, 4) is 0 Å². The number of carbonyl (C=O) groups excluding carboxylic acids is 2. The third-order valence-corrected chi connectivity index (χ3v) is 4.55. The van der Waals surface area contributed by atoms with Crippen LogP contribution in [0, 0.1) is 6.92 Å². The molecule has 4 aromatic rings. The van der Waals surface area contributed by atoms with Crippen LogP contribution in [0.3, 0.4) is 0 Å². The minimum absolute atomic E-state index is 0.256. The molecule has 0 bridgehead atoms. The van der Waals surface area contributed by atoms with E-state index in [1.165, 1.54) is 10.7 Å². The number of aromatic nitrogens is 4. The molecule has 0 radical (unpaired) electrons. The van der Waals surface area contributed by atoms with E-state index in [1.54, 1.807) is 31.2 Å². The Hall–Kier alpha value is -4.01. The van der Waals surface area contributed by atoms with Gasteiger partial charge >= 0.3 is 11.7 Å². The zero-order valence-electron chi connectivity index (χ0n) is 16.5. The Morgan fingerprint density at radius 3 is 2.63 bits per heavy atom. The Kier molecular flexibility index (Phi) is 5.01. The predicted molar refractivity (Wildman–Crippen MR) is 111 cm³/mol. The molecule has 0 aliphatic rings. The van der Waals surface area contributed by atoms with Crippen molar-refractivity contribution in [1.82, 2.24) is 19.2 Å². The number of hydrogen-bond acceptors (Lipinski definition) is 6. The number of nitrogens with zero attached hydrogens (tertiary/aromatic N) is 4. The first-order chi connectivity index (χ1) is 14.5. The van der Waals surface area contributed by atoms with Gasteiger partial charge in [-0.15, -0.1) is 5.10 Å². The molecule has 152 valence electrons. The van der Waals surface area contributed by atoms with Crippen LogP contribution in [-0.2, 0) is 16.1 Å². The fourth-order valence-electron chi connectivity index (χ4n) is 3.11. The molecule has 0 unspecified atom stereocenters. The molecule has 0 fully saturated rings. The van der Waals surface area contributed by atoms with Gasteiger partial charge in [-0.1, -0.05) is 11.6 Å². The highest BCUT2D eigenvalue weighted by Crippen LogP contribution is 2.17. The lowest BCUT2D eigenvalue weighted by Gasteiger charge is -2.06. The molecule has 1 N–H and O–H groups in total. The zero-order valence-corrected chi connectivity index (χ0v) is 16.5. The number of anilines is 1. The van der Waals surface area contributed by atoms with Crippen molar-refractivity contribution in [3.63, 3.8) is 0 Å². The molecule has 2 heterocycles. The maximum Gasteiger partial charge on any atom is 0.352 e. The highest BCUT2D eigenvalue weighted by atomic mass is 16.5. The summed E-state index contributed by atoms with van der Waals surface area (Å²) in [6.07, 6.45) is 1.41. The van der Waals surface area contributed by atoms with Crippen LogP contribution in [0.25, 0.3) is 16.6 Å². The van der Waals surface area contributed by atoms with E-state index in [2.05, 4.69) is 15.4 Å². The summed E-state index contributed by atoms with van der Waals surface area (Å²) < 4.78 is 7.35. The number of nitrogens with one attached hydrogen (secondary N) is 1. The molecule has 0 aliphatic heterocycles. The highest BCUT2D eigenvalue weighted by molar-refractivity contribution is 5.93. The number of amides is 1. The van der Waals surface area contributed by atoms with Crippen LogP contribution in [0.1, 0.15) is 22.8 Å². The van der Waals surface area contributed by atoms with Crippen molar-refractivity contribution in [3.05, 3.63) is 70.4 Å². The number of benzene rings is 2. The maximum atomic E-state index is 12.6. The van der Waals surface area contributed by atoms with Crippen molar-refractivity contribution in [1.29, 1.82) is 0 Å². The summed E-state index contributed by atoms with van der Waals surface area (Å²) in [6, 6.07) is 12.0. The lowest BCUT2D eigenvalue weighted by molar-refractivity contribution is -0.117. The number of esters is 1. The van der Waals surface area contributed by atoms with Crippen LogP contribution in [0.4, 0.5) is 5.69 Å². The second-order valence-electron chi connectivity index (χ2n) is 6.75. The molecular formula is C21H19N5O4. The first-order valence-corrected chi connectivity index (χ1v) is 9.38. The number of rotatable bonds is 5. The van der Waals surface area contributed by atoms with Gasteiger partial charge < -0.3 is 10.1 Å². The molecule has 9 nitrogen and oxygen atoms in total. The molecule has 4 rings (SSSR count). The first-order valence-electron chi connectivity index (χ1n) is 9.38. The van der Waals surface area contributed by atoms with E-state index in [0.717, 1.165) is 21.1 Å². The Balaban J connectivity index is 1.55. The summed E-state index contributed by atoms with van der Waals surface area (Å²) in [5.41, 5.74) is 2.61. The highest BCUT2D eigenvalue weighted by Gasteiger charge is 2.14. The second-order valence-corrected chi connectivity index (χ2v) is 6.75. The Labute approximate surface area is 170 Å². The summed E-state index contributed by atoms with van der Waals surface area (Å²) >= 11 is 0. The Morgan fingerprint density at radius 2 is 1.90 bits per heavy atom. The third kappa shape index (κ3) is 3.64. The van der Waals surface area contributed by atoms with Gasteiger partial charge in [-0.3, -0.25) is 4.79 Å². The van der Waals surface area contributed by atoms with Crippen LogP contribution in [0.5, 0.6) is 0 Å². The molecule has 0 spiro atoms. The van der Waals surface area contributed by atoms with Gasteiger partial charge in [-0.2, -0.15) is 0 Å². The van der Waals surface area contributed by atoms with Crippen molar-refractivity contribution in [2.24, 2.45) is 0 Å². The SMILES string of the molecule is CCOC(=O)c1ccc(NC(=O)Cn2nc3c4cc(C)ccc4ncn3c2=O)cc1. The molecule has 9 heteroatoms. The van der Waals surface area contributed by atoms with Crippen molar-refractivity contribution < 1.29 is 14.3 Å². The molecule has 2 aromatic carbocycles. The molecule has 1 amide bonds. The van der Waals surface area contributed by atoms with Gasteiger partial charge in [0.1, 0.15) is 12.9 Å². The standard InChI is InChI=1S/C21H19N5O4/c1-3-30-20(28)14-5-7-15(8-6-14)23-18(27)11-26-21(29)25-12-22-17-9-4-13(2)10-16(17)19(25)24-26/h4-10,12H,3,11H2,1-2H3,(H,23,27). The molecule has 0 saturated carbocycles. The minimum Gasteiger partial charge on any atom is -0.462 e. The van der Waals surface area contributed by atoms with Crippen LogP contribution >= 0.6 is 0 Å². The van der Waals surface area contributed by atoms with E-state index >= 15 is 0 Å². The lowest BCUT2D eigenvalue weighted by atomic mass is 10.2. The number of aryl methyl sites for hydroxylation is 1. The molecule has 0 aliphatic carbocycles. The summed E-state index contributed by atoms with van der Waals surface area (Å²) in [4.78, 5) is 41.0. The van der Waals surface area contributed by atoms with Gasteiger partial charge in [0, 0.05) is 11.1 Å². The van der Waals surface area contributed by atoms with E-state index in [1.807, 2.05) is 25.1 Å². The third-order valence-electron chi connectivity index (χ3n) is 4.55. The number of carbonyl (C=O) groups is 2. The van der Waals surface area contributed by atoms with E-state index in [-0.39, 0.29) is 13.2 Å². The number of fused-ring (bicyclic) bond motifs is 3. The van der Waals surface area contributed by atoms with Crippen LogP contribution in [-0.4, -0.2) is 37.6 Å². The normalized spacial score (nSPS) is 11.0.